The molecule has 0 saturated carbocycles. The van der Waals surface area contributed by atoms with Gasteiger partial charge in [0.1, 0.15) is 17.4 Å². The van der Waals surface area contributed by atoms with Gasteiger partial charge >= 0.3 is 11.9 Å². The van der Waals surface area contributed by atoms with Gasteiger partial charge < -0.3 is 19.2 Å². The number of methoxy groups -OCH3 is 1. The Hall–Kier alpha value is -2.83. The van der Waals surface area contributed by atoms with Gasteiger partial charge in [0, 0.05) is 17.0 Å². The summed E-state index contributed by atoms with van der Waals surface area (Å²) in [4.78, 5) is 38.6. The summed E-state index contributed by atoms with van der Waals surface area (Å²) in [6, 6.07) is 3.55. The number of dihydropyridines is 1. The molecule has 1 aromatic rings. The second-order valence-electron chi connectivity index (χ2n) is 7.62. The number of ketones is 1. The van der Waals surface area contributed by atoms with Gasteiger partial charge in [-0.2, -0.15) is 0 Å². The number of ether oxygens (including phenoxy) is 2. The standard InChI is InChI=1S/C22H27NO6/c1-6-9-28-22(26)17-13(4)23-14-10-11(2)16(21(25)27-5)20(24)18(14)19(17)15-8-7-12(3)29-15/h7-8,11,16,19,23H,6,9-10H2,1-5H3/t11-,16-,19+/m1/s1. The average Bonchev–Trinajstić information content (AvgIpc) is 3.10. The molecule has 0 aromatic carbocycles. The number of furan rings is 1. The zero-order valence-corrected chi connectivity index (χ0v) is 17.5. The van der Waals surface area contributed by atoms with Crippen molar-refractivity contribution in [1.29, 1.82) is 0 Å². The highest BCUT2D eigenvalue weighted by molar-refractivity contribution is 6.12. The Kier molecular flexibility index (Phi) is 5.96. The first-order valence-corrected chi connectivity index (χ1v) is 9.86. The molecule has 3 rings (SSSR count). The molecule has 0 bridgehead atoms. The highest BCUT2D eigenvalue weighted by Crippen LogP contribution is 2.45. The molecular formula is C22H27NO6. The number of rotatable bonds is 5. The van der Waals surface area contributed by atoms with Crippen LogP contribution in [0.1, 0.15) is 51.1 Å². The number of hydrogen-bond acceptors (Lipinski definition) is 7. The number of aryl methyl sites for hydroxylation is 1. The van der Waals surface area contributed by atoms with Gasteiger partial charge in [-0.25, -0.2) is 4.79 Å². The highest BCUT2D eigenvalue weighted by Gasteiger charge is 2.48. The number of allylic oxidation sites excluding steroid dienone is 3. The van der Waals surface area contributed by atoms with Crippen LogP contribution in [0.4, 0.5) is 0 Å². The predicted molar refractivity (Wildman–Crippen MR) is 105 cm³/mol. The quantitative estimate of drug-likeness (QED) is 0.598. The van der Waals surface area contributed by atoms with Gasteiger partial charge in [0.2, 0.25) is 0 Å². The number of hydrogen-bond donors (Lipinski definition) is 1. The molecule has 7 nitrogen and oxygen atoms in total. The van der Waals surface area contributed by atoms with Crippen LogP contribution >= 0.6 is 0 Å². The molecule has 2 aliphatic rings. The zero-order chi connectivity index (χ0) is 21.3. The number of esters is 2. The minimum absolute atomic E-state index is 0.221. The van der Waals surface area contributed by atoms with Crippen molar-refractivity contribution in [1.82, 2.24) is 5.32 Å². The molecule has 0 radical (unpaired) electrons. The first-order chi connectivity index (χ1) is 13.8. The van der Waals surface area contributed by atoms with E-state index >= 15 is 0 Å². The molecule has 29 heavy (non-hydrogen) atoms. The summed E-state index contributed by atoms with van der Waals surface area (Å²) in [5.41, 5.74) is 2.05. The van der Waals surface area contributed by atoms with Gasteiger partial charge in [-0.1, -0.05) is 13.8 Å². The third-order valence-electron chi connectivity index (χ3n) is 5.45. The molecule has 1 aromatic heterocycles. The van der Waals surface area contributed by atoms with Crippen molar-refractivity contribution in [3.05, 3.63) is 46.2 Å². The van der Waals surface area contributed by atoms with E-state index in [0.717, 1.165) is 0 Å². The molecule has 0 unspecified atom stereocenters. The van der Waals surface area contributed by atoms with E-state index in [1.54, 1.807) is 26.0 Å². The summed E-state index contributed by atoms with van der Waals surface area (Å²) in [5, 5.41) is 3.21. The third kappa shape index (κ3) is 3.73. The van der Waals surface area contributed by atoms with Crippen LogP contribution in [0.3, 0.4) is 0 Å². The highest BCUT2D eigenvalue weighted by atomic mass is 16.5. The van der Waals surface area contributed by atoms with Crippen LogP contribution in [0.15, 0.2) is 39.1 Å². The predicted octanol–water partition coefficient (Wildman–Crippen LogP) is 3.15. The third-order valence-corrected chi connectivity index (χ3v) is 5.45. The van der Waals surface area contributed by atoms with Crippen LogP contribution in [0.2, 0.25) is 0 Å². The Morgan fingerprint density at radius 2 is 2.00 bits per heavy atom. The second-order valence-corrected chi connectivity index (χ2v) is 7.62. The van der Waals surface area contributed by atoms with Crippen molar-refractivity contribution in [3.63, 3.8) is 0 Å². The van der Waals surface area contributed by atoms with Crippen LogP contribution in [0.25, 0.3) is 0 Å². The maximum Gasteiger partial charge on any atom is 0.336 e. The first kappa shape index (κ1) is 20.9. The minimum atomic E-state index is -0.912. The summed E-state index contributed by atoms with van der Waals surface area (Å²) < 4.78 is 16.1. The molecule has 0 spiro atoms. The van der Waals surface area contributed by atoms with E-state index in [4.69, 9.17) is 13.9 Å². The molecule has 0 fully saturated rings. The van der Waals surface area contributed by atoms with E-state index in [1.165, 1.54) is 7.11 Å². The molecule has 156 valence electrons. The Labute approximate surface area is 170 Å². The first-order valence-electron chi connectivity index (χ1n) is 9.86. The van der Waals surface area contributed by atoms with Crippen LogP contribution in [0, 0.1) is 18.8 Å². The van der Waals surface area contributed by atoms with Crippen molar-refractivity contribution >= 4 is 17.7 Å². The molecule has 1 aliphatic carbocycles. The van der Waals surface area contributed by atoms with E-state index in [2.05, 4.69) is 5.32 Å². The molecule has 0 saturated heterocycles. The minimum Gasteiger partial charge on any atom is -0.468 e. The summed E-state index contributed by atoms with van der Waals surface area (Å²) in [6.45, 7) is 7.63. The molecular weight excluding hydrogens is 374 g/mol. The number of carbonyl (C=O) groups is 3. The molecule has 3 atom stereocenters. The van der Waals surface area contributed by atoms with Crippen LogP contribution in [-0.4, -0.2) is 31.4 Å². The SMILES string of the molecule is CCCOC(=O)C1=C(C)NC2=C(C(=O)[C@H](C(=O)OC)[C@H](C)C2)[C@H]1c1ccc(C)o1. The monoisotopic (exact) mass is 401 g/mol. The molecule has 7 heteroatoms. The Bertz CT molecular complexity index is 906. The summed E-state index contributed by atoms with van der Waals surface area (Å²) in [5.74, 6) is -2.12. The second kappa shape index (κ2) is 8.27. The van der Waals surface area contributed by atoms with Crippen molar-refractivity contribution < 1.29 is 28.3 Å². The Morgan fingerprint density at radius 1 is 1.28 bits per heavy atom. The lowest BCUT2D eigenvalue weighted by Gasteiger charge is -2.37. The van der Waals surface area contributed by atoms with Crippen molar-refractivity contribution in [2.75, 3.05) is 13.7 Å². The fourth-order valence-corrected chi connectivity index (χ4v) is 4.12. The van der Waals surface area contributed by atoms with Gasteiger partial charge in [-0.15, -0.1) is 0 Å². The lowest BCUT2D eigenvalue weighted by Crippen LogP contribution is -2.43. The fourth-order valence-electron chi connectivity index (χ4n) is 4.12. The molecule has 1 aliphatic heterocycles. The van der Waals surface area contributed by atoms with Crippen LogP contribution < -0.4 is 5.32 Å². The summed E-state index contributed by atoms with van der Waals surface area (Å²) >= 11 is 0. The normalized spacial score (nSPS) is 24.2. The van der Waals surface area contributed by atoms with Crippen LogP contribution in [0.5, 0.6) is 0 Å². The van der Waals surface area contributed by atoms with E-state index in [1.807, 2.05) is 13.8 Å². The molecule has 2 heterocycles. The van der Waals surface area contributed by atoms with Gasteiger partial charge in [-0.05, 0) is 44.7 Å². The van der Waals surface area contributed by atoms with E-state index in [-0.39, 0.29) is 18.3 Å². The summed E-state index contributed by atoms with van der Waals surface area (Å²) in [6.07, 6.45) is 1.18. The number of carbonyl (C=O) groups excluding carboxylic acids is 3. The maximum absolute atomic E-state index is 13.4. The van der Waals surface area contributed by atoms with Crippen molar-refractivity contribution in [2.45, 2.75) is 46.5 Å². The van der Waals surface area contributed by atoms with Crippen LogP contribution in [-0.2, 0) is 23.9 Å². The van der Waals surface area contributed by atoms with Gasteiger partial charge in [0.05, 0.1) is 25.2 Å². The molecule has 0 amide bonds. The van der Waals surface area contributed by atoms with E-state index in [0.29, 0.717) is 46.9 Å². The van der Waals surface area contributed by atoms with Gasteiger partial charge in [-0.3, -0.25) is 9.59 Å². The average molecular weight is 401 g/mol. The fraction of sp³-hybridized carbons (Fsp3) is 0.500. The lowest BCUT2D eigenvalue weighted by molar-refractivity contribution is -0.151. The Morgan fingerprint density at radius 3 is 2.59 bits per heavy atom. The smallest absolute Gasteiger partial charge is 0.336 e. The zero-order valence-electron chi connectivity index (χ0n) is 17.5. The largest absolute Gasteiger partial charge is 0.468 e. The van der Waals surface area contributed by atoms with Crippen molar-refractivity contribution in [2.24, 2.45) is 11.8 Å². The number of Topliss-reactive ketones (excluding diaryl/α,β-unsaturated/α-hetero) is 1. The summed E-state index contributed by atoms with van der Waals surface area (Å²) in [7, 11) is 1.27. The van der Waals surface area contributed by atoms with Gasteiger partial charge in [0.25, 0.3) is 0 Å². The molecule has 1 N–H and O–H groups in total. The topological polar surface area (TPSA) is 94.8 Å². The Balaban J connectivity index is 2.13. The van der Waals surface area contributed by atoms with E-state index in [9.17, 15) is 14.4 Å². The van der Waals surface area contributed by atoms with E-state index < -0.39 is 23.8 Å². The lowest BCUT2D eigenvalue weighted by atomic mass is 9.70. The maximum atomic E-state index is 13.4. The number of nitrogens with one attached hydrogen (secondary N) is 1. The van der Waals surface area contributed by atoms with Gasteiger partial charge in [0.15, 0.2) is 5.78 Å². The van der Waals surface area contributed by atoms with Crippen molar-refractivity contribution in [3.8, 4) is 0 Å².